The maximum atomic E-state index is 8.91. The topological polar surface area (TPSA) is 32.3 Å². The van der Waals surface area contributed by atoms with Crippen LogP contribution in [0.2, 0.25) is 0 Å². The fraction of sp³-hybridized carbons (Fsp3) is 0.455. The highest BCUT2D eigenvalue weighted by Crippen LogP contribution is 2.17. The normalized spacial score (nSPS) is 15.1. The van der Waals surface area contributed by atoms with E-state index in [1.165, 1.54) is 5.56 Å². The lowest BCUT2D eigenvalue weighted by atomic mass is 10.1. The van der Waals surface area contributed by atoms with Gasteiger partial charge in [0.1, 0.15) is 0 Å². The van der Waals surface area contributed by atoms with Gasteiger partial charge in [0, 0.05) is 16.6 Å². The Morgan fingerprint density at radius 1 is 1.43 bits per heavy atom. The molecule has 0 aliphatic heterocycles. The van der Waals surface area contributed by atoms with Gasteiger partial charge >= 0.3 is 0 Å². The predicted octanol–water partition coefficient (Wildman–Crippen LogP) is 2.48. The standard InChI is InChI=1S/C11H16BrNO/c1-8(7-14)13-9(2)10-4-3-5-11(12)6-10/h3-6,8-9,13-14H,7H2,1-2H3/t8-,9+/m1/s1. The molecular formula is C11H16BrNO. The van der Waals surface area contributed by atoms with E-state index in [1.807, 2.05) is 19.1 Å². The van der Waals surface area contributed by atoms with Gasteiger partial charge in [-0.1, -0.05) is 28.1 Å². The summed E-state index contributed by atoms with van der Waals surface area (Å²) in [6, 6.07) is 8.57. The van der Waals surface area contributed by atoms with Gasteiger partial charge in [-0.05, 0) is 31.5 Å². The fourth-order valence-electron chi connectivity index (χ4n) is 1.35. The van der Waals surface area contributed by atoms with E-state index in [4.69, 9.17) is 5.11 Å². The predicted molar refractivity (Wildman–Crippen MR) is 62.2 cm³/mol. The quantitative estimate of drug-likeness (QED) is 0.869. The van der Waals surface area contributed by atoms with E-state index in [0.29, 0.717) is 0 Å². The molecule has 0 amide bonds. The minimum Gasteiger partial charge on any atom is -0.395 e. The Hall–Kier alpha value is -0.380. The van der Waals surface area contributed by atoms with Crippen LogP contribution in [0.25, 0.3) is 0 Å². The first-order valence-corrected chi connectivity index (χ1v) is 5.55. The second-order valence-electron chi connectivity index (χ2n) is 3.53. The number of benzene rings is 1. The van der Waals surface area contributed by atoms with Crippen molar-refractivity contribution >= 4 is 15.9 Å². The third-order valence-corrected chi connectivity index (χ3v) is 2.65. The summed E-state index contributed by atoms with van der Waals surface area (Å²) in [4.78, 5) is 0. The van der Waals surface area contributed by atoms with Gasteiger partial charge in [0.05, 0.1) is 6.61 Å². The number of rotatable bonds is 4. The van der Waals surface area contributed by atoms with E-state index >= 15 is 0 Å². The first-order chi connectivity index (χ1) is 6.63. The van der Waals surface area contributed by atoms with Crippen molar-refractivity contribution in [2.45, 2.75) is 25.9 Å². The lowest BCUT2D eigenvalue weighted by Gasteiger charge is -2.18. The minimum absolute atomic E-state index is 0.129. The van der Waals surface area contributed by atoms with E-state index in [2.05, 4.69) is 40.3 Å². The van der Waals surface area contributed by atoms with Crippen molar-refractivity contribution in [3.05, 3.63) is 34.3 Å². The van der Waals surface area contributed by atoms with E-state index in [0.717, 1.165) is 4.47 Å². The molecule has 2 N–H and O–H groups in total. The third-order valence-electron chi connectivity index (χ3n) is 2.16. The molecule has 0 aliphatic rings. The Kier molecular flexibility index (Phi) is 4.58. The summed E-state index contributed by atoms with van der Waals surface area (Å²) >= 11 is 3.44. The van der Waals surface area contributed by atoms with Gasteiger partial charge in [0.15, 0.2) is 0 Å². The number of aliphatic hydroxyl groups excluding tert-OH is 1. The summed E-state index contributed by atoms with van der Waals surface area (Å²) in [6.07, 6.45) is 0. The summed E-state index contributed by atoms with van der Waals surface area (Å²) in [5.41, 5.74) is 1.22. The zero-order chi connectivity index (χ0) is 10.6. The smallest absolute Gasteiger partial charge is 0.0582 e. The molecule has 0 fully saturated rings. The summed E-state index contributed by atoms with van der Waals surface area (Å²) in [5.74, 6) is 0. The molecule has 78 valence electrons. The van der Waals surface area contributed by atoms with Crippen molar-refractivity contribution in [1.82, 2.24) is 5.32 Å². The first-order valence-electron chi connectivity index (χ1n) is 4.76. The zero-order valence-corrected chi connectivity index (χ0v) is 10.1. The summed E-state index contributed by atoms with van der Waals surface area (Å²) in [6.45, 7) is 4.22. The number of hydrogen-bond acceptors (Lipinski definition) is 2. The summed E-state index contributed by atoms with van der Waals surface area (Å²) < 4.78 is 1.08. The van der Waals surface area contributed by atoms with Gasteiger partial charge < -0.3 is 10.4 Å². The highest BCUT2D eigenvalue weighted by molar-refractivity contribution is 9.10. The Morgan fingerprint density at radius 2 is 2.14 bits per heavy atom. The highest BCUT2D eigenvalue weighted by Gasteiger charge is 2.08. The molecule has 2 nitrogen and oxygen atoms in total. The van der Waals surface area contributed by atoms with Gasteiger partial charge in [-0.2, -0.15) is 0 Å². The molecule has 0 radical (unpaired) electrons. The molecule has 0 saturated heterocycles. The molecule has 0 spiro atoms. The molecule has 0 aliphatic carbocycles. The van der Waals surface area contributed by atoms with Crippen LogP contribution >= 0.6 is 15.9 Å². The van der Waals surface area contributed by atoms with Crippen LogP contribution in [0.3, 0.4) is 0 Å². The molecule has 0 heterocycles. The van der Waals surface area contributed by atoms with Gasteiger partial charge in [-0.3, -0.25) is 0 Å². The molecule has 1 aromatic carbocycles. The molecule has 0 bridgehead atoms. The van der Waals surface area contributed by atoms with Crippen molar-refractivity contribution in [3.8, 4) is 0 Å². The van der Waals surface area contributed by atoms with Crippen LogP contribution in [0.4, 0.5) is 0 Å². The molecule has 1 rings (SSSR count). The average Bonchev–Trinajstić information content (AvgIpc) is 2.17. The number of hydrogen-bond donors (Lipinski definition) is 2. The molecular weight excluding hydrogens is 242 g/mol. The number of nitrogens with one attached hydrogen (secondary N) is 1. The van der Waals surface area contributed by atoms with Crippen LogP contribution in [0.15, 0.2) is 28.7 Å². The van der Waals surface area contributed by atoms with Crippen LogP contribution in [0, 0.1) is 0 Å². The van der Waals surface area contributed by atoms with E-state index in [-0.39, 0.29) is 18.7 Å². The maximum Gasteiger partial charge on any atom is 0.0582 e. The second-order valence-corrected chi connectivity index (χ2v) is 4.44. The molecule has 0 saturated carbocycles. The van der Waals surface area contributed by atoms with Crippen molar-refractivity contribution in [2.24, 2.45) is 0 Å². The molecule has 2 atom stereocenters. The van der Waals surface area contributed by atoms with Gasteiger partial charge in [0.25, 0.3) is 0 Å². The van der Waals surface area contributed by atoms with E-state index < -0.39 is 0 Å². The van der Waals surface area contributed by atoms with E-state index in [1.54, 1.807) is 0 Å². The van der Waals surface area contributed by atoms with Crippen LogP contribution in [-0.2, 0) is 0 Å². The molecule has 3 heteroatoms. The van der Waals surface area contributed by atoms with Crippen molar-refractivity contribution < 1.29 is 5.11 Å². The van der Waals surface area contributed by atoms with Crippen molar-refractivity contribution in [1.29, 1.82) is 0 Å². The van der Waals surface area contributed by atoms with Crippen LogP contribution in [0.5, 0.6) is 0 Å². The van der Waals surface area contributed by atoms with Gasteiger partial charge in [-0.15, -0.1) is 0 Å². The average molecular weight is 258 g/mol. The van der Waals surface area contributed by atoms with Crippen LogP contribution in [-0.4, -0.2) is 17.8 Å². The van der Waals surface area contributed by atoms with Gasteiger partial charge in [0.2, 0.25) is 0 Å². The number of halogens is 1. The first kappa shape index (κ1) is 11.7. The Bertz CT molecular complexity index is 290. The molecule has 1 aromatic rings. The minimum atomic E-state index is 0.129. The summed E-state index contributed by atoms with van der Waals surface area (Å²) in [7, 11) is 0. The summed E-state index contributed by atoms with van der Waals surface area (Å²) in [5, 5.41) is 12.2. The Balaban J connectivity index is 2.64. The van der Waals surface area contributed by atoms with Crippen molar-refractivity contribution in [2.75, 3.05) is 6.61 Å². The maximum absolute atomic E-state index is 8.91. The second kappa shape index (κ2) is 5.49. The Labute approximate surface area is 93.5 Å². The number of aliphatic hydroxyl groups is 1. The molecule has 0 unspecified atom stereocenters. The molecule has 0 aromatic heterocycles. The highest BCUT2D eigenvalue weighted by atomic mass is 79.9. The fourth-order valence-corrected chi connectivity index (χ4v) is 1.77. The largest absolute Gasteiger partial charge is 0.395 e. The SMILES string of the molecule is C[C@H](CO)N[C@@H](C)c1cccc(Br)c1. The molecule has 14 heavy (non-hydrogen) atoms. The van der Waals surface area contributed by atoms with Crippen molar-refractivity contribution in [3.63, 3.8) is 0 Å². The Morgan fingerprint density at radius 3 is 2.71 bits per heavy atom. The van der Waals surface area contributed by atoms with Gasteiger partial charge in [-0.25, -0.2) is 0 Å². The lowest BCUT2D eigenvalue weighted by Crippen LogP contribution is -2.31. The van der Waals surface area contributed by atoms with E-state index in [9.17, 15) is 0 Å². The van der Waals surface area contributed by atoms with Crippen LogP contribution in [0.1, 0.15) is 25.5 Å². The van der Waals surface area contributed by atoms with Crippen LogP contribution < -0.4 is 5.32 Å². The lowest BCUT2D eigenvalue weighted by molar-refractivity contribution is 0.243. The third kappa shape index (κ3) is 3.40. The monoisotopic (exact) mass is 257 g/mol. The zero-order valence-electron chi connectivity index (χ0n) is 8.50.